The third-order valence-electron chi connectivity index (χ3n) is 4.27. The van der Waals surface area contributed by atoms with E-state index >= 15 is 0 Å². The lowest BCUT2D eigenvalue weighted by atomic mass is 9.85. The van der Waals surface area contributed by atoms with E-state index < -0.39 is 13.4 Å². The van der Waals surface area contributed by atoms with E-state index in [4.69, 9.17) is 4.52 Å². The summed E-state index contributed by atoms with van der Waals surface area (Å²) in [6, 6.07) is 0. The second-order valence-electron chi connectivity index (χ2n) is 6.49. The SMILES string of the molecule is CCCCCCCC(CCCC)(CCCCC)OP(=O)(O)O. The lowest BCUT2D eigenvalue weighted by molar-refractivity contribution is 0.00580. The average molecular weight is 336 g/mol. The van der Waals surface area contributed by atoms with Crippen molar-refractivity contribution in [3.63, 3.8) is 0 Å². The minimum Gasteiger partial charge on any atom is -0.303 e. The normalized spacial score (nSPS) is 15.0. The molecule has 0 aliphatic rings. The third-order valence-corrected chi connectivity index (χ3v) is 4.90. The van der Waals surface area contributed by atoms with Crippen molar-refractivity contribution >= 4 is 7.82 Å². The first kappa shape index (κ1) is 22.1. The van der Waals surface area contributed by atoms with Crippen molar-refractivity contribution in [2.24, 2.45) is 0 Å². The molecular weight excluding hydrogens is 299 g/mol. The third kappa shape index (κ3) is 11.6. The molecule has 0 amide bonds. The zero-order chi connectivity index (χ0) is 16.9. The highest BCUT2D eigenvalue weighted by molar-refractivity contribution is 7.46. The first-order chi connectivity index (χ1) is 10.4. The van der Waals surface area contributed by atoms with Crippen LogP contribution in [0.25, 0.3) is 0 Å². The molecule has 0 bridgehead atoms. The summed E-state index contributed by atoms with van der Waals surface area (Å²) in [6.07, 6.45) is 13.2. The molecule has 0 aliphatic carbocycles. The first-order valence-corrected chi connectivity index (χ1v) is 10.7. The molecule has 0 fully saturated rings. The van der Waals surface area contributed by atoms with Crippen molar-refractivity contribution in [3.8, 4) is 0 Å². The molecule has 0 aromatic heterocycles. The fourth-order valence-corrected chi connectivity index (χ4v) is 3.79. The molecule has 5 heteroatoms. The van der Waals surface area contributed by atoms with Gasteiger partial charge in [-0.1, -0.05) is 85.0 Å². The molecule has 0 aliphatic heterocycles. The Bertz CT molecular complexity index is 303. The van der Waals surface area contributed by atoms with E-state index in [-0.39, 0.29) is 0 Å². The minimum atomic E-state index is -4.44. The van der Waals surface area contributed by atoms with Crippen molar-refractivity contribution in [2.45, 2.75) is 110 Å². The molecule has 22 heavy (non-hydrogen) atoms. The summed E-state index contributed by atoms with van der Waals surface area (Å²) in [7, 11) is -4.44. The van der Waals surface area contributed by atoms with Crippen LogP contribution in [0.5, 0.6) is 0 Å². The predicted molar refractivity (Wildman–Crippen MR) is 92.9 cm³/mol. The Kier molecular flexibility index (Phi) is 12.6. The Labute approximate surface area is 137 Å². The van der Waals surface area contributed by atoms with Crippen LogP contribution < -0.4 is 0 Å². The van der Waals surface area contributed by atoms with E-state index in [1.807, 2.05) is 0 Å². The van der Waals surface area contributed by atoms with Crippen LogP contribution in [0.15, 0.2) is 0 Å². The van der Waals surface area contributed by atoms with Gasteiger partial charge in [0.1, 0.15) is 0 Å². The van der Waals surface area contributed by atoms with Gasteiger partial charge in [-0.15, -0.1) is 0 Å². The summed E-state index contributed by atoms with van der Waals surface area (Å²) in [4.78, 5) is 18.7. The summed E-state index contributed by atoms with van der Waals surface area (Å²) in [6.45, 7) is 6.44. The van der Waals surface area contributed by atoms with Crippen LogP contribution in [0, 0.1) is 0 Å². The van der Waals surface area contributed by atoms with Gasteiger partial charge in [-0.3, -0.25) is 4.52 Å². The zero-order valence-corrected chi connectivity index (χ0v) is 15.7. The Morgan fingerprint density at radius 1 is 0.727 bits per heavy atom. The van der Waals surface area contributed by atoms with Crippen molar-refractivity contribution in [2.75, 3.05) is 0 Å². The van der Waals surface area contributed by atoms with Gasteiger partial charge in [0.2, 0.25) is 0 Å². The van der Waals surface area contributed by atoms with Gasteiger partial charge in [0, 0.05) is 0 Å². The topological polar surface area (TPSA) is 66.8 Å². The fourth-order valence-electron chi connectivity index (χ4n) is 3.01. The van der Waals surface area contributed by atoms with E-state index in [0.29, 0.717) is 0 Å². The van der Waals surface area contributed by atoms with E-state index in [1.54, 1.807) is 0 Å². The van der Waals surface area contributed by atoms with Gasteiger partial charge in [0.05, 0.1) is 5.60 Å². The minimum absolute atomic E-state index is 0.629. The monoisotopic (exact) mass is 336 g/mol. The largest absolute Gasteiger partial charge is 0.470 e. The van der Waals surface area contributed by atoms with Crippen LogP contribution in [0.1, 0.15) is 104 Å². The van der Waals surface area contributed by atoms with Gasteiger partial charge < -0.3 is 9.79 Å². The summed E-state index contributed by atoms with van der Waals surface area (Å²) in [5.41, 5.74) is -0.629. The molecule has 0 saturated carbocycles. The highest BCUT2D eigenvalue weighted by Crippen LogP contribution is 2.47. The van der Waals surface area contributed by atoms with Crippen LogP contribution in [-0.2, 0) is 9.09 Å². The molecule has 0 rings (SSSR count). The maximum atomic E-state index is 11.5. The van der Waals surface area contributed by atoms with Crippen LogP contribution in [0.3, 0.4) is 0 Å². The number of phosphoric acid groups is 1. The molecule has 1 atom stereocenters. The summed E-state index contributed by atoms with van der Waals surface area (Å²) < 4.78 is 16.8. The van der Waals surface area contributed by atoms with Crippen LogP contribution in [-0.4, -0.2) is 15.4 Å². The molecule has 2 N–H and O–H groups in total. The van der Waals surface area contributed by atoms with Gasteiger partial charge in [-0.25, -0.2) is 4.57 Å². The van der Waals surface area contributed by atoms with E-state index in [2.05, 4.69) is 20.8 Å². The molecule has 0 spiro atoms. The van der Waals surface area contributed by atoms with Crippen molar-refractivity contribution in [3.05, 3.63) is 0 Å². The lowest BCUT2D eigenvalue weighted by Gasteiger charge is -2.34. The van der Waals surface area contributed by atoms with Crippen molar-refractivity contribution in [1.82, 2.24) is 0 Å². The van der Waals surface area contributed by atoms with Crippen LogP contribution in [0.2, 0.25) is 0 Å². The van der Waals surface area contributed by atoms with Crippen molar-refractivity contribution < 1.29 is 18.9 Å². The second-order valence-corrected chi connectivity index (χ2v) is 7.65. The van der Waals surface area contributed by atoms with Crippen LogP contribution in [0.4, 0.5) is 0 Å². The van der Waals surface area contributed by atoms with E-state index in [0.717, 1.165) is 64.2 Å². The fraction of sp³-hybridized carbons (Fsp3) is 1.00. The lowest BCUT2D eigenvalue weighted by Crippen LogP contribution is -2.32. The highest BCUT2D eigenvalue weighted by atomic mass is 31.2. The molecule has 1 unspecified atom stereocenters. The smallest absolute Gasteiger partial charge is 0.303 e. The van der Waals surface area contributed by atoms with Gasteiger partial charge in [-0.05, 0) is 19.3 Å². The van der Waals surface area contributed by atoms with E-state index in [9.17, 15) is 14.4 Å². The molecule has 4 nitrogen and oxygen atoms in total. The van der Waals surface area contributed by atoms with Gasteiger partial charge in [0.25, 0.3) is 0 Å². The van der Waals surface area contributed by atoms with Crippen molar-refractivity contribution in [1.29, 1.82) is 0 Å². The molecule has 0 radical (unpaired) electrons. The molecule has 0 heterocycles. The number of rotatable bonds is 15. The van der Waals surface area contributed by atoms with E-state index in [1.165, 1.54) is 19.3 Å². The molecular formula is C17H37O4P. The quantitative estimate of drug-likeness (QED) is 0.286. The van der Waals surface area contributed by atoms with Gasteiger partial charge in [-0.2, -0.15) is 0 Å². The molecule has 0 saturated heterocycles. The maximum absolute atomic E-state index is 11.5. The number of hydrogen-bond donors (Lipinski definition) is 2. The number of phosphoric ester groups is 1. The summed E-state index contributed by atoms with van der Waals surface area (Å²) in [5.74, 6) is 0. The summed E-state index contributed by atoms with van der Waals surface area (Å²) in [5, 5.41) is 0. The zero-order valence-electron chi connectivity index (χ0n) is 14.9. The van der Waals surface area contributed by atoms with Gasteiger partial charge in [0.15, 0.2) is 0 Å². The first-order valence-electron chi connectivity index (χ1n) is 9.15. The number of unbranched alkanes of at least 4 members (excludes halogenated alkanes) is 7. The van der Waals surface area contributed by atoms with Gasteiger partial charge >= 0.3 is 7.82 Å². The Hall–Kier alpha value is 0.110. The number of hydrogen-bond acceptors (Lipinski definition) is 2. The maximum Gasteiger partial charge on any atom is 0.470 e. The Morgan fingerprint density at radius 2 is 1.14 bits per heavy atom. The standard InChI is InChI=1S/C17H37O4P/c1-4-7-10-11-13-16-17(14-9-6-3,15-12-8-5-2)21-22(18,19)20/h4-16H2,1-3H3,(H2,18,19,20). The second kappa shape index (κ2) is 12.5. The van der Waals surface area contributed by atoms with Crippen LogP contribution >= 0.6 is 7.82 Å². The molecule has 0 aromatic carbocycles. The Balaban J connectivity index is 4.71. The predicted octanol–water partition coefficient (Wildman–Crippen LogP) is 5.97. The Morgan fingerprint density at radius 3 is 1.64 bits per heavy atom. The highest BCUT2D eigenvalue weighted by Gasteiger charge is 2.36. The molecule has 134 valence electrons. The average Bonchev–Trinajstić information content (AvgIpc) is 2.43. The summed E-state index contributed by atoms with van der Waals surface area (Å²) >= 11 is 0. The molecule has 0 aromatic rings.